The largest absolute Gasteiger partial charge is 0.454 e. The number of esters is 1. The van der Waals surface area contributed by atoms with Gasteiger partial charge >= 0.3 is 5.97 Å². The van der Waals surface area contributed by atoms with Crippen LogP contribution in [-0.4, -0.2) is 30.8 Å². The van der Waals surface area contributed by atoms with E-state index in [-0.39, 0.29) is 0 Å². The van der Waals surface area contributed by atoms with Gasteiger partial charge in [0.25, 0.3) is 11.7 Å². The molecule has 0 fully saturated rings. The molecule has 0 radical (unpaired) electrons. The number of carbonyl (C=O) groups is 3. The molecule has 0 aromatic carbocycles. The highest BCUT2D eigenvalue weighted by Gasteiger charge is 2.14. The first-order chi connectivity index (χ1) is 7.11. The van der Waals surface area contributed by atoms with Crippen LogP contribution in [0.2, 0.25) is 0 Å². The fourth-order valence-electron chi connectivity index (χ4n) is 0.738. The van der Waals surface area contributed by atoms with E-state index in [0.29, 0.717) is 6.54 Å². The lowest BCUT2D eigenvalue weighted by molar-refractivity contribution is -0.147. The number of hydrogen-bond donors (Lipinski definition) is 1. The van der Waals surface area contributed by atoms with Crippen LogP contribution in [0.15, 0.2) is 12.7 Å². The highest BCUT2D eigenvalue weighted by molar-refractivity contribution is 6.36. The zero-order chi connectivity index (χ0) is 11.7. The number of ketones is 1. The van der Waals surface area contributed by atoms with Crippen molar-refractivity contribution in [2.45, 2.75) is 19.8 Å². The van der Waals surface area contributed by atoms with Gasteiger partial charge in [0.1, 0.15) is 0 Å². The van der Waals surface area contributed by atoms with E-state index in [2.05, 4.69) is 16.6 Å². The standard InChI is InChI=1S/C10H15NO4/c1-3-5-6-11-10(14)8(12)7-15-9(13)4-2/h4H,2-3,5-7H2,1H3,(H,11,14). The summed E-state index contributed by atoms with van der Waals surface area (Å²) in [4.78, 5) is 32.6. The summed E-state index contributed by atoms with van der Waals surface area (Å²) in [5, 5.41) is 2.42. The maximum atomic E-state index is 11.0. The predicted octanol–water partition coefficient (Wildman–Crippen LogP) is 0.201. The van der Waals surface area contributed by atoms with E-state index in [4.69, 9.17) is 0 Å². The third kappa shape index (κ3) is 6.42. The third-order valence-electron chi connectivity index (χ3n) is 1.58. The molecule has 0 aliphatic heterocycles. The van der Waals surface area contributed by atoms with Crippen LogP contribution in [0.25, 0.3) is 0 Å². The van der Waals surface area contributed by atoms with Gasteiger partial charge < -0.3 is 10.1 Å². The van der Waals surface area contributed by atoms with Gasteiger partial charge in [-0.1, -0.05) is 19.9 Å². The second-order valence-corrected chi connectivity index (χ2v) is 2.84. The van der Waals surface area contributed by atoms with Crippen LogP contribution in [-0.2, 0) is 19.1 Å². The number of ether oxygens (including phenoxy) is 1. The molecule has 0 aliphatic rings. The number of unbranched alkanes of at least 4 members (excludes halogenated alkanes) is 1. The van der Waals surface area contributed by atoms with E-state index in [9.17, 15) is 14.4 Å². The van der Waals surface area contributed by atoms with Gasteiger partial charge in [-0.2, -0.15) is 0 Å². The zero-order valence-corrected chi connectivity index (χ0v) is 8.75. The Hall–Kier alpha value is -1.65. The summed E-state index contributed by atoms with van der Waals surface area (Å²) in [5.41, 5.74) is 0. The number of amides is 1. The van der Waals surface area contributed by atoms with Gasteiger partial charge in [0.15, 0.2) is 6.61 Å². The molecule has 0 rings (SSSR count). The van der Waals surface area contributed by atoms with E-state index in [0.717, 1.165) is 18.9 Å². The molecule has 5 heteroatoms. The third-order valence-corrected chi connectivity index (χ3v) is 1.58. The summed E-state index contributed by atoms with van der Waals surface area (Å²) in [6.45, 7) is 5.05. The topological polar surface area (TPSA) is 72.5 Å². The Bertz CT molecular complexity index is 260. The fourth-order valence-corrected chi connectivity index (χ4v) is 0.738. The Labute approximate surface area is 88.5 Å². The lowest BCUT2D eigenvalue weighted by Gasteiger charge is -2.03. The summed E-state index contributed by atoms with van der Waals surface area (Å²) < 4.78 is 4.41. The Morgan fingerprint density at radius 1 is 1.40 bits per heavy atom. The van der Waals surface area contributed by atoms with Crippen LogP contribution in [0, 0.1) is 0 Å². The number of Topliss-reactive ketones (excluding diaryl/α,β-unsaturated/α-hetero) is 1. The maximum Gasteiger partial charge on any atom is 0.330 e. The summed E-state index contributed by atoms with van der Waals surface area (Å²) >= 11 is 0. The van der Waals surface area contributed by atoms with Crippen LogP contribution in [0.1, 0.15) is 19.8 Å². The van der Waals surface area contributed by atoms with Crippen LogP contribution in [0.4, 0.5) is 0 Å². The molecule has 0 atom stereocenters. The average Bonchev–Trinajstić information content (AvgIpc) is 2.25. The monoisotopic (exact) mass is 213 g/mol. The zero-order valence-electron chi connectivity index (χ0n) is 8.75. The van der Waals surface area contributed by atoms with E-state index < -0.39 is 24.3 Å². The Balaban J connectivity index is 3.74. The molecule has 0 heterocycles. The van der Waals surface area contributed by atoms with Crippen molar-refractivity contribution in [2.75, 3.05) is 13.2 Å². The van der Waals surface area contributed by atoms with Gasteiger partial charge in [-0.3, -0.25) is 9.59 Å². The summed E-state index contributed by atoms with van der Waals surface area (Å²) in [5.74, 6) is -2.20. The van der Waals surface area contributed by atoms with E-state index in [1.165, 1.54) is 0 Å². The molecular formula is C10H15NO4. The van der Waals surface area contributed by atoms with E-state index in [1.807, 2.05) is 6.92 Å². The SMILES string of the molecule is C=CC(=O)OCC(=O)C(=O)NCCCC. The molecule has 0 unspecified atom stereocenters. The van der Waals surface area contributed by atoms with Crippen molar-refractivity contribution < 1.29 is 19.1 Å². The molecule has 0 saturated heterocycles. The molecule has 0 aliphatic carbocycles. The summed E-state index contributed by atoms with van der Waals surface area (Å²) in [7, 11) is 0. The first kappa shape index (κ1) is 13.4. The minimum atomic E-state index is -0.763. The molecule has 1 amide bonds. The Morgan fingerprint density at radius 2 is 2.07 bits per heavy atom. The number of carbonyl (C=O) groups excluding carboxylic acids is 3. The van der Waals surface area contributed by atoms with Crippen molar-refractivity contribution in [2.24, 2.45) is 0 Å². The normalized spacial score (nSPS) is 9.13. The second kappa shape index (κ2) is 7.73. The van der Waals surface area contributed by atoms with Crippen molar-refractivity contribution in [3.8, 4) is 0 Å². The lowest BCUT2D eigenvalue weighted by atomic mass is 10.3. The van der Waals surface area contributed by atoms with Crippen molar-refractivity contribution in [3.63, 3.8) is 0 Å². The smallest absolute Gasteiger partial charge is 0.330 e. The van der Waals surface area contributed by atoms with Crippen molar-refractivity contribution >= 4 is 17.7 Å². The van der Waals surface area contributed by atoms with Gasteiger partial charge in [-0.05, 0) is 6.42 Å². The van der Waals surface area contributed by atoms with Crippen LogP contribution >= 0.6 is 0 Å². The number of nitrogens with one attached hydrogen (secondary N) is 1. The lowest BCUT2D eigenvalue weighted by Crippen LogP contribution is -2.34. The molecule has 0 aromatic rings. The minimum Gasteiger partial charge on any atom is -0.454 e. The van der Waals surface area contributed by atoms with Gasteiger partial charge in [-0.25, -0.2) is 4.79 Å². The van der Waals surface area contributed by atoms with Gasteiger partial charge in [0, 0.05) is 12.6 Å². The van der Waals surface area contributed by atoms with Crippen molar-refractivity contribution in [1.29, 1.82) is 0 Å². The quantitative estimate of drug-likeness (QED) is 0.284. The molecular weight excluding hydrogens is 198 g/mol. The van der Waals surface area contributed by atoms with Crippen LogP contribution < -0.4 is 5.32 Å². The van der Waals surface area contributed by atoms with Crippen molar-refractivity contribution in [3.05, 3.63) is 12.7 Å². The molecule has 5 nitrogen and oxygen atoms in total. The molecule has 84 valence electrons. The van der Waals surface area contributed by atoms with Crippen molar-refractivity contribution in [1.82, 2.24) is 5.32 Å². The molecule has 0 bridgehead atoms. The summed E-state index contributed by atoms with van der Waals surface area (Å²) in [6.07, 6.45) is 2.67. The van der Waals surface area contributed by atoms with Gasteiger partial charge in [0.2, 0.25) is 0 Å². The number of hydrogen-bond acceptors (Lipinski definition) is 4. The average molecular weight is 213 g/mol. The highest BCUT2D eigenvalue weighted by Crippen LogP contribution is 1.85. The number of rotatable bonds is 7. The van der Waals surface area contributed by atoms with E-state index in [1.54, 1.807) is 0 Å². The molecule has 0 aromatic heterocycles. The molecule has 15 heavy (non-hydrogen) atoms. The van der Waals surface area contributed by atoms with Crippen LogP contribution in [0.5, 0.6) is 0 Å². The summed E-state index contributed by atoms with van der Waals surface area (Å²) in [6, 6.07) is 0. The van der Waals surface area contributed by atoms with Gasteiger partial charge in [0.05, 0.1) is 0 Å². The molecule has 1 N–H and O–H groups in total. The van der Waals surface area contributed by atoms with E-state index >= 15 is 0 Å². The maximum absolute atomic E-state index is 11.0. The highest BCUT2D eigenvalue weighted by atomic mass is 16.5. The fraction of sp³-hybridized carbons (Fsp3) is 0.500. The minimum absolute atomic E-state index is 0.455. The first-order valence-electron chi connectivity index (χ1n) is 4.72. The Morgan fingerprint density at radius 3 is 2.60 bits per heavy atom. The van der Waals surface area contributed by atoms with Gasteiger partial charge in [-0.15, -0.1) is 0 Å². The Kier molecular flexibility index (Phi) is 6.88. The molecule has 0 spiro atoms. The second-order valence-electron chi connectivity index (χ2n) is 2.84. The van der Waals surface area contributed by atoms with Crippen LogP contribution in [0.3, 0.4) is 0 Å². The predicted molar refractivity (Wildman–Crippen MR) is 54.1 cm³/mol. The first-order valence-corrected chi connectivity index (χ1v) is 4.72. The molecule has 0 saturated carbocycles.